The number of rotatable bonds is 3. The van der Waals surface area contributed by atoms with Crippen molar-refractivity contribution in [1.82, 2.24) is 4.90 Å². The average molecular weight is 276 g/mol. The van der Waals surface area contributed by atoms with Crippen molar-refractivity contribution in [3.8, 4) is 0 Å². The molecule has 1 aromatic rings. The van der Waals surface area contributed by atoms with Gasteiger partial charge in [0.2, 0.25) is 5.91 Å². The van der Waals surface area contributed by atoms with Gasteiger partial charge in [-0.05, 0) is 22.0 Å². The summed E-state index contributed by atoms with van der Waals surface area (Å²) in [7, 11) is 1.84. The van der Waals surface area contributed by atoms with E-state index in [0.29, 0.717) is 6.54 Å². The molecule has 78 valence electrons. The lowest BCUT2D eigenvalue weighted by Crippen LogP contribution is -2.29. The largest absolute Gasteiger partial charge is 0.340 e. The fourth-order valence-corrected chi connectivity index (χ4v) is 2.69. The summed E-state index contributed by atoms with van der Waals surface area (Å²) in [5, 5.41) is 2.03. The number of thiophene rings is 1. The highest BCUT2D eigenvalue weighted by atomic mass is 79.9. The van der Waals surface area contributed by atoms with Gasteiger partial charge in [0, 0.05) is 27.7 Å². The van der Waals surface area contributed by atoms with Crippen LogP contribution in [0.5, 0.6) is 0 Å². The Kier molecular flexibility index (Phi) is 4.13. The van der Waals surface area contributed by atoms with Gasteiger partial charge in [0.05, 0.1) is 6.54 Å². The summed E-state index contributed by atoms with van der Waals surface area (Å²) in [4.78, 5) is 14.5. The molecule has 0 unspecified atom stereocenters. The van der Waals surface area contributed by atoms with Gasteiger partial charge in [-0.25, -0.2) is 0 Å². The molecule has 0 atom stereocenters. The van der Waals surface area contributed by atoms with E-state index < -0.39 is 0 Å². The number of amides is 1. The maximum atomic E-state index is 11.6. The zero-order chi connectivity index (χ0) is 10.7. The third kappa shape index (κ3) is 3.10. The third-order valence-corrected chi connectivity index (χ3v) is 3.57. The minimum atomic E-state index is 0.0726. The molecule has 0 fully saturated rings. The molecule has 0 aliphatic rings. The molecular formula is C10H14BrNOS. The van der Waals surface area contributed by atoms with Gasteiger partial charge < -0.3 is 4.90 Å². The molecule has 0 radical (unpaired) electrons. The zero-order valence-corrected chi connectivity index (χ0v) is 11.0. The van der Waals surface area contributed by atoms with Gasteiger partial charge in [-0.3, -0.25) is 4.79 Å². The van der Waals surface area contributed by atoms with Crippen molar-refractivity contribution in [2.75, 3.05) is 7.05 Å². The van der Waals surface area contributed by atoms with E-state index in [2.05, 4.69) is 22.0 Å². The van der Waals surface area contributed by atoms with Crippen LogP contribution in [0.3, 0.4) is 0 Å². The van der Waals surface area contributed by atoms with E-state index in [9.17, 15) is 4.79 Å². The van der Waals surface area contributed by atoms with Crippen molar-refractivity contribution < 1.29 is 4.79 Å². The predicted molar refractivity (Wildman–Crippen MR) is 63.3 cm³/mol. The normalized spacial score (nSPS) is 10.6. The smallest absolute Gasteiger partial charge is 0.225 e. The first-order valence-corrected chi connectivity index (χ1v) is 6.16. The van der Waals surface area contributed by atoms with Crippen LogP contribution < -0.4 is 0 Å². The van der Waals surface area contributed by atoms with Crippen LogP contribution in [0.15, 0.2) is 15.9 Å². The first-order chi connectivity index (χ1) is 6.50. The summed E-state index contributed by atoms with van der Waals surface area (Å²) in [6.45, 7) is 4.54. The van der Waals surface area contributed by atoms with Crippen molar-refractivity contribution in [2.24, 2.45) is 5.92 Å². The molecular weight excluding hydrogens is 262 g/mol. The lowest BCUT2D eigenvalue weighted by Gasteiger charge is -2.18. The van der Waals surface area contributed by atoms with E-state index in [4.69, 9.17) is 0 Å². The van der Waals surface area contributed by atoms with Crippen molar-refractivity contribution in [1.29, 1.82) is 0 Å². The number of halogens is 1. The molecule has 1 amide bonds. The molecule has 0 N–H and O–H groups in total. The Morgan fingerprint density at radius 2 is 2.29 bits per heavy atom. The van der Waals surface area contributed by atoms with Gasteiger partial charge in [0.1, 0.15) is 0 Å². The molecule has 2 nitrogen and oxygen atoms in total. The third-order valence-electron chi connectivity index (χ3n) is 1.88. The van der Waals surface area contributed by atoms with Crippen LogP contribution in [-0.2, 0) is 11.3 Å². The van der Waals surface area contributed by atoms with Gasteiger partial charge in [0.15, 0.2) is 0 Å². The van der Waals surface area contributed by atoms with Gasteiger partial charge in [-0.15, -0.1) is 11.3 Å². The van der Waals surface area contributed by atoms with Gasteiger partial charge in [-0.2, -0.15) is 0 Å². The molecule has 1 aromatic heterocycles. The van der Waals surface area contributed by atoms with Crippen LogP contribution in [0, 0.1) is 5.92 Å². The Hall–Kier alpha value is -0.350. The van der Waals surface area contributed by atoms with Crippen LogP contribution >= 0.6 is 27.3 Å². The van der Waals surface area contributed by atoms with E-state index >= 15 is 0 Å². The number of nitrogens with zero attached hydrogens (tertiary/aromatic N) is 1. The van der Waals surface area contributed by atoms with Gasteiger partial charge in [-0.1, -0.05) is 13.8 Å². The van der Waals surface area contributed by atoms with Crippen molar-refractivity contribution in [2.45, 2.75) is 20.4 Å². The molecule has 0 saturated heterocycles. The summed E-state index contributed by atoms with van der Waals surface area (Å²) < 4.78 is 1.09. The maximum absolute atomic E-state index is 11.6. The summed E-state index contributed by atoms with van der Waals surface area (Å²) >= 11 is 5.06. The Labute approximate surface area is 97.1 Å². The average Bonchev–Trinajstić information content (AvgIpc) is 2.49. The standard InChI is InChI=1S/C10H14BrNOS/c1-7(2)10(13)12(3)5-9-4-8(11)6-14-9/h4,6-7H,5H2,1-3H3. The Morgan fingerprint density at radius 3 is 2.71 bits per heavy atom. The molecule has 1 rings (SSSR count). The molecule has 0 aliphatic heterocycles. The molecule has 0 saturated carbocycles. The molecule has 0 aromatic carbocycles. The Bertz CT molecular complexity index is 322. The lowest BCUT2D eigenvalue weighted by molar-refractivity contribution is -0.133. The number of carbonyl (C=O) groups is 1. The fourth-order valence-electron chi connectivity index (χ4n) is 1.19. The summed E-state index contributed by atoms with van der Waals surface area (Å²) in [6, 6.07) is 2.05. The molecule has 0 spiro atoms. The lowest BCUT2D eigenvalue weighted by atomic mass is 10.2. The highest BCUT2D eigenvalue weighted by Crippen LogP contribution is 2.21. The first kappa shape index (κ1) is 11.7. The van der Waals surface area contributed by atoms with E-state index in [1.807, 2.05) is 26.3 Å². The van der Waals surface area contributed by atoms with Crippen molar-refractivity contribution in [3.05, 3.63) is 20.8 Å². The summed E-state index contributed by atoms with van der Waals surface area (Å²) in [6.07, 6.45) is 0. The van der Waals surface area contributed by atoms with Crippen LogP contribution in [-0.4, -0.2) is 17.9 Å². The predicted octanol–water partition coefficient (Wildman–Crippen LogP) is 3.13. The Morgan fingerprint density at radius 1 is 1.64 bits per heavy atom. The van der Waals surface area contributed by atoms with Crippen LogP contribution in [0.4, 0.5) is 0 Å². The summed E-state index contributed by atoms with van der Waals surface area (Å²) in [5.74, 6) is 0.262. The minimum absolute atomic E-state index is 0.0726. The van der Waals surface area contributed by atoms with E-state index in [-0.39, 0.29) is 11.8 Å². The second kappa shape index (κ2) is 4.94. The van der Waals surface area contributed by atoms with Crippen LogP contribution in [0.25, 0.3) is 0 Å². The zero-order valence-electron chi connectivity index (χ0n) is 8.58. The maximum Gasteiger partial charge on any atom is 0.225 e. The molecule has 4 heteroatoms. The van der Waals surface area contributed by atoms with E-state index in [1.165, 1.54) is 4.88 Å². The first-order valence-electron chi connectivity index (χ1n) is 4.48. The SMILES string of the molecule is CC(C)C(=O)N(C)Cc1cc(Br)cs1. The second-order valence-corrected chi connectivity index (χ2v) is 5.49. The molecule has 0 bridgehead atoms. The number of hydrogen-bond donors (Lipinski definition) is 0. The quantitative estimate of drug-likeness (QED) is 0.830. The van der Waals surface area contributed by atoms with Crippen LogP contribution in [0.2, 0.25) is 0 Å². The fraction of sp³-hybridized carbons (Fsp3) is 0.500. The molecule has 1 heterocycles. The second-order valence-electron chi connectivity index (χ2n) is 3.58. The highest BCUT2D eigenvalue weighted by Gasteiger charge is 2.13. The highest BCUT2D eigenvalue weighted by molar-refractivity contribution is 9.10. The van der Waals surface area contributed by atoms with Gasteiger partial charge >= 0.3 is 0 Å². The van der Waals surface area contributed by atoms with Crippen molar-refractivity contribution in [3.63, 3.8) is 0 Å². The molecule has 0 aliphatic carbocycles. The van der Waals surface area contributed by atoms with E-state index in [1.54, 1.807) is 16.2 Å². The van der Waals surface area contributed by atoms with Crippen molar-refractivity contribution >= 4 is 33.2 Å². The molecule has 14 heavy (non-hydrogen) atoms. The van der Waals surface area contributed by atoms with Gasteiger partial charge in [0.25, 0.3) is 0 Å². The Balaban J connectivity index is 2.57. The number of hydrogen-bond acceptors (Lipinski definition) is 2. The minimum Gasteiger partial charge on any atom is -0.340 e. The van der Waals surface area contributed by atoms with Crippen LogP contribution in [0.1, 0.15) is 18.7 Å². The van der Waals surface area contributed by atoms with E-state index in [0.717, 1.165) is 4.47 Å². The number of carbonyl (C=O) groups excluding carboxylic acids is 1. The topological polar surface area (TPSA) is 20.3 Å². The monoisotopic (exact) mass is 275 g/mol. The summed E-state index contributed by atoms with van der Waals surface area (Å²) in [5.41, 5.74) is 0.